The molecule has 0 aliphatic heterocycles. The Labute approximate surface area is 207 Å². The molecule has 0 saturated carbocycles. The molecule has 9 heteroatoms. The van der Waals surface area contributed by atoms with Gasteiger partial charge in [-0.15, -0.1) is 0 Å². The van der Waals surface area contributed by atoms with E-state index < -0.39 is 20.0 Å². The fourth-order valence-corrected chi connectivity index (χ4v) is 6.21. The van der Waals surface area contributed by atoms with Gasteiger partial charge in [0, 0.05) is 24.2 Å². The van der Waals surface area contributed by atoms with Crippen LogP contribution >= 0.6 is 11.6 Å². The largest absolute Gasteiger partial charge is 0.243 e. The number of sulfonamides is 2. The second-order valence-corrected chi connectivity index (χ2v) is 12.2. The lowest BCUT2D eigenvalue weighted by Crippen LogP contribution is -2.33. The van der Waals surface area contributed by atoms with Gasteiger partial charge in [0.1, 0.15) is 0 Å². The van der Waals surface area contributed by atoms with Crippen LogP contribution in [0.5, 0.6) is 0 Å². The van der Waals surface area contributed by atoms with Crippen LogP contribution < -0.4 is 4.72 Å². The summed E-state index contributed by atoms with van der Waals surface area (Å²) in [6, 6.07) is 21.8. The molecule has 6 nitrogen and oxygen atoms in total. The lowest BCUT2D eigenvalue weighted by Gasteiger charge is -2.23. The van der Waals surface area contributed by atoms with Gasteiger partial charge in [0.25, 0.3) is 0 Å². The van der Waals surface area contributed by atoms with Crippen LogP contribution in [0.1, 0.15) is 31.4 Å². The third-order valence-corrected chi connectivity index (χ3v) is 9.22. The quantitative estimate of drug-likeness (QED) is 0.391. The number of rotatable bonds is 11. The zero-order chi connectivity index (χ0) is 24.8. The van der Waals surface area contributed by atoms with E-state index in [4.69, 9.17) is 11.6 Å². The summed E-state index contributed by atoms with van der Waals surface area (Å²) in [5.74, 6) is 0. The molecule has 0 aliphatic rings. The second kappa shape index (κ2) is 11.5. The average Bonchev–Trinajstić information content (AvgIpc) is 2.83. The number of hydrogen-bond donors (Lipinski definition) is 1. The van der Waals surface area contributed by atoms with Crippen molar-refractivity contribution in [2.45, 2.75) is 49.1 Å². The normalized spacial score (nSPS) is 13.2. The lowest BCUT2D eigenvalue weighted by atomic mass is 10.1. The number of hydrogen-bond acceptors (Lipinski definition) is 4. The highest BCUT2D eigenvalue weighted by atomic mass is 35.5. The van der Waals surface area contributed by atoms with Crippen LogP contribution in [0.15, 0.2) is 88.7 Å². The maximum absolute atomic E-state index is 13.5. The number of halogens is 1. The molecule has 34 heavy (non-hydrogen) atoms. The fraction of sp³-hybridized carbons (Fsp3) is 0.280. The molecule has 0 radical (unpaired) electrons. The predicted octanol–water partition coefficient (Wildman–Crippen LogP) is 4.85. The molecule has 0 aromatic heterocycles. The minimum absolute atomic E-state index is 0.0280. The van der Waals surface area contributed by atoms with Crippen LogP contribution in [0.3, 0.4) is 0 Å². The molecule has 0 amide bonds. The van der Waals surface area contributed by atoms with Gasteiger partial charge in [0.15, 0.2) is 0 Å². The van der Waals surface area contributed by atoms with Crippen molar-refractivity contribution in [2.24, 2.45) is 0 Å². The molecule has 0 unspecified atom stereocenters. The van der Waals surface area contributed by atoms with E-state index in [-0.39, 0.29) is 28.9 Å². The molecule has 0 fully saturated rings. The molecule has 0 spiro atoms. The molecule has 182 valence electrons. The van der Waals surface area contributed by atoms with E-state index in [0.29, 0.717) is 17.9 Å². The number of nitrogens with one attached hydrogen (secondary N) is 1. The molecular formula is C25H29ClN2O4S2. The topological polar surface area (TPSA) is 83.5 Å². The minimum atomic E-state index is -3.88. The summed E-state index contributed by atoms with van der Waals surface area (Å²) in [6.07, 6.45) is 1.19. The van der Waals surface area contributed by atoms with Crippen molar-refractivity contribution in [3.05, 3.63) is 95.0 Å². The van der Waals surface area contributed by atoms with Gasteiger partial charge in [0.05, 0.1) is 9.79 Å². The van der Waals surface area contributed by atoms with E-state index in [1.165, 1.54) is 28.6 Å². The van der Waals surface area contributed by atoms with E-state index in [0.717, 1.165) is 11.1 Å². The Morgan fingerprint density at radius 2 is 1.41 bits per heavy atom. The van der Waals surface area contributed by atoms with Gasteiger partial charge < -0.3 is 0 Å². The Kier molecular flexibility index (Phi) is 8.89. The van der Waals surface area contributed by atoms with E-state index in [2.05, 4.69) is 4.72 Å². The highest BCUT2D eigenvalue weighted by Crippen LogP contribution is 2.22. The van der Waals surface area contributed by atoms with Crippen LogP contribution in [0.25, 0.3) is 0 Å². The van der Waals surface area contributed by atoms with Crippen molar-refractivity contribution in [2.75, 3.05) is 6.54 Å². The van der Waals surface area contributed by atoms with Crippen molar-refractivity contribution in [1.82, 2.24) is 9.03 Å². The van der Waals surface area contributed by atoms with Crippen LogP contribution in [0.2, 0.25) is 5.02 Å². The molecule has 3 aromatic carbocycles. The molecule has 3 rings (SSSR count). The summed E-state index contributed by atoms with van der Waals surface area (Å²) in [5, 5.41) is 0.574. The monoisotopic (exact) mass is 520 g/mol. The van der Waals surface area contributed by atoms with E-state index in [9.17, 15) is 16.8 Å². The Balaban J connectivity index is 1.88. The number of nitrogens with zero attached hydrogens (tertiary/aromatic N) is 1. The Bertz CT molecular complexity index is 1280. The van der Waals surface area contributed by atoms with Crippen LogP contribution in [-0.2, 0) is 33.0 Å². The first-order valence-electron chi connectivity index (χ1n) is 11.0. The van der Waals surface area contributed by atoms with Crippen molar-refractivity contribution < 1.29 is 16.8 Å². The van der Waals surface area contributed by atoms with Crippen molar-refractivity contribution in [3.8, 4) is 0 Å². The summed E-state index contributed by atoms with van der Waals surface area (Å²) in [6.45, 7) is 4.10. The minimum Gasteiger partial charge on any atom is -0.208 e. The SMILES string of the molecule is CC[C@@H](C)NS(=O)(=O)c1ccc(S(=O)(=O)N(CCc2ccccc2)Cc2ccc(Cl)cc2)cc1. The highest BCUT2D eigenvalue weighted by molar-refractivity contribution is 7.89. The summed E-state index contributed by atoms with van der Waals surface area (Å²) in [7, 11) is -7.61. The molecule has 0 heterocycles. The zero-order valence-corrected chi connectivity index (χ0v) is 21.6. The molecule has 1 N–H and O–H groups in total. The van der Waals surface area contributed by atoms with Crippen molar-refractivity contribution in [1.29, 1.82) is 0 Å². The first-order valence-corrected chi connectivity index (χ1v) is 14.3. The van der Waals surface area contributed by atoms with Gasteiger partial charge in [-0.05, 0) is 67.3 Å². The smallest absolute Gasteiger partial charge is 0.208 e. The third-order valence-electron chi connectivity index (χ3n) is 5.51. The first kappa shape index (κ1) is 26.4. The lowest BCUT2D eigenvalue weighted by molar-refractivity contribution is 0.409. The summed E-state index contributed by atoms with van der Waals surface area (Å²) in [4.78, 5) is 0.0669. The van der Waals surface area contributed by atoms with Gasteiger partial charge in [-0.2, -0.15) is 4.31 Å². The number of benzene rings is 3. The molecular weight excluding hydrogens is 492 g/mol. The summed E-state index contributed by atoms with van der Waals surface area (Å²) >= 11 is 5.98. The van der Waals surface area contributed by atoms with Gasteiger partial charge in [-0.3, -0.25) is 0 Å². The first-order chi connectivity index (χ1) is 16.1. The van der Waals surface area contributed by atoms with Gasteiger partial charge >= 0.3 is 0 Å². The molecule has 0 aliphatic carbocycles. The molecule has 1 atom stereocenters. The highest BCUT2D eigenvalue weighted by Gasteiger charge is 2.26. The molecule has 0 saturated heterocycles. The molecule has 0 bridgehead atoms. The van der Waals surface area contributed by atoms with Crippen molar-refractivity contribution >= 4 is 31.6 Å². The predicted molar refractivity (Wildman–Crippen MR) is 136 cm³/mol. The maximum atomic E-state index is 13.5. The van der Waals surface area contributed by atoms with E-state index >= 15 is 0 Å². The Morgan fingerprint density at radius 1 is 0.824 bits per heavy atom. The van der Waals surface area contributed by atoms with E-state index in [1.807, 2.05) is 37.3 Å². The van der Waals surface area contributed by atoms with Gasteiger partial charge in [0.2, 0.25) is 20.0 Å². The Hall–Kier alpha value is -2.23. The zero-order valence-electron chi connectivity index (χ0n) is 19.2. The fourth-order valence-electron chi connectivity index (χ4n) is 3.33. The van der Waals surface area contributed by atoms with Crippen LogP contribution in [-0.4, -0.2) is 33.7 Å². The maximum Gasteiger partial charge on any atom is 0.243 e. The summed E-state index contributed by atoms with van der Waals surface area (Å²) in [5.41, 5.74) is 1.83. The van der Waals surface area contributed by atoms with Crippen molar-refractivity contribution in [3.63, 3.8) is 0 Å². The standard InChI is InChI=1S/C25H29ClN2O4S2/c1-3-20(2)27-33(29,30)24-13-15-25(16-14-24)34(31,32)28(18-17-21-7-5-4-6-8-21)19-22-9-11-23(26)12-10-22/h4-16,20,27H,3,17-19H2,1-2H3/t20-/m1/s1. The molecule has 3 aromatic rings. The average molecular weight is 521 g/mol. The second-order valence-electron chi connectivity index (χ2n) is 8.10. The van der Waals surface area contributed by atoms with Gasteiger partial charge in [-0.1, -0.05) is 61.0 Å². The van der Waals surface area contributed by atoms with Crippen LogP contribution in [0.4, 0.5) is 0 Å². The van der Waals surface area contributed by atoms with Gasteiger partial charge in [-0.25, -0.2) is 21.6 Å². The van der Waals surface area contributed by atoms with Crippen LogP contribution in [0, 0.1) is 0 Å². The van der Waals surface area contributed by atoms with E-state index in [1.54, 1.807) is 31.2 Å². The summed E-state index contributed by atoms with van der Waals surface area (Å²) < 4.78 is 56.2. The third kappa shape index (κ3) is 6.90. The Morgan fingerprint density at radius 3 is 2.00 bits per heavy atom.